The van der Waals surface area contributed by atoms with Crippen LogP contribution in [0.15, 0.2) is 6.20 Å². The van der Waals surface area contributed by atoms with Gasteiger partial charge in [0.25, 0.3) is 0 Å². The molecular formula is C14H28N4O2. The number of rotatable bonds is 9. The molecule has 116 valence electrons. The van der Waals surface area contributed by atoms with Crippen molar-refractivity contribution in [3.05, 3.63) is 11.9 Å². The Morgan fingerprint density at radius 1 is 1.40 bits per heavy atom. The van der Waals surface area contributed by atoms with E-state index in [4.69, 9.17) is 15.3 Å². The van der Waals surface area contributed by atoms with Crippen LogP contribution >= 0.6 is 0 Å². The molecule has 0 aliphatic carbocycles. The lowest BCUT2D eigenvalue weighted by molar-refractivity contribution is 0.0244. The molecule has 1 rings (SSSR count). The molecule has 3 N–H and O–H groups in total. The van der Waals surface area contributed by atoms with E-state index < -0.39 is 0 Å². The highest BCUT2D eigenvalue weighted by molar-refractivity contribution is 5.29. The summed E-state index contributed by atoms with van der Waals surface area (Å²) in [5, 5.41) is 4.40. The molecule has 2 atom stereocenters. The molecule has 1 heterocycles. The maximum Gasteiger partial charge on any atom is 0.161 e. The van der Waals surface area contributed by atoms with Crippen LogP contribution < -0.4 is 16.0 Å². The largest absolute Gasteiger partial charge is 0.493 e. The van der Waals surface area contributed by atoms with Crippen molar-refractivity contribution in [1.29, 1.82) is 0 Å². The third-order valence-electron chi connectivity index (χ3n) is 3.31. The van der Waals surface area contributed by atoms with E-state index in [1.165, 1.54) is 0 Å². The smallest absolute Gasteiger partial charge is 0.161 e. The van der Waals surface area contributed by atoms with E-state index in [9.17, 15) is 0 Å². The van der Waals surface area contributed by atoms with Gasteiger partial charge in [0, 0.05) is 12.6 Å². The van der Waals surface area contributed by atoms with Gasteiger partial charge in [0.15, 0.2) is 5.75 Å². The highest BCUT2D eigenvalue weighted by Crippen LogP contribution is 2.31. The van der Waals surface area contributed by atoms with E-state index >= 15 is 0 Å². The molecule has 0 saturated carbocycles. The Hall–Kier alpha value is -1.11. The van der Waals surface area contributed by atoms with Gasteiger partial charge in [-0.3, -0.25) is 10.5 Å². The van der Waals surface area contributed by atoms with Gasteiger partial charge in [-0.15, -0.1) is 0 Å². The van der Waals surface area contributed by atoms with Crippen molar-refractivity contribution < 1.29 is 9.47 Å². The molecule has 0 spiro atoms. The van der Waals surface area contributed by atoms with Crippen LogP contribution in [0.25, 0.3) is 0 Å². The van der Waals surface area contributed by atoms with Gasteiger partial charge in [-0.2, -0.15) is 5.10 Å². The number of hydrogen-bond donors (Lipinski definition) is 2. The van der Waals surface area contributed by atoms with E-state index in [0.717, 1.165) is 24.3 Å². The van der Waals surface area contributed by atoms with E-state index in [1.807, 2.05) is 11.6 Å². The number of ether oxygens (including phenoxy) is 2. The van der Waals surface area contributed by atoms with Crippen LogP contribution in [0.1, 0.15) is 58.3 Å². The van der Waals surface area contributed by atoms with Crippen molar-refractivity contribution in [3.63, 3.8) is 0 Å². The summed E-state index contributed by atoms with van der Waals surface area (Å²) in [6.07, 6.45) is 3.68. The first kappa shape index (κ1) is 16.9. The molecule has 20 heavy (non-hydrogen) atoms. The first-order valence-corrected chi connectivity index (χ1v) is 7.29. The van der Waals surface area contributed by atoms with Crippen molar-refractivity contribution in [1.82, 2.24) is 15.2 Å². The minimum atomic E-state index is -0.144. The summed E-state index contributed by atoms with van der Waals surface area (Å²) < 4.78 is 13.2. The second kappa shape index (κ2) is 8.24. The van der Waals surface area contributed by atoms with Crippen molar-refractivity contribution >= 4 is 0 Å². The zero-order valence-corrected chi connectivity index (χ0v) is 13.2. The number of aromatic nitrogens is 2. The number of nitrogens with two attached hydrogens (primary N) is 1. The number of hydrogen-bond acceptors (Lipinski definition) is 5. The van der Waals surface area contributed by atoms with E-state index in [2.05, 4.69) is 31.3 Å². The second-order valence-corrected chi connectivity index (χ2v) is 5.06. The van der Waals surface area contributed by atoms with E-state index in [0.29, 0.717) is 6.61 Å². The van der Waals surface area contributed by atoms with Gasteiger partial charge < -0.3 is 9.47 Å². The predicted octanol–water partition coefficient (Wildman–Crippen LogP) is 2.18. The van der Waals surface area contributed by atoms with Gasteiger partial charge >= 0.3 is 0 Å². The van der Waals surface area contributed by atoms with Crippen LogP contribution in [-0.2, 0) is 4.74 Å². The molecule has 6 heteroatoms. The van der Waals surface area contributed by atoms with Crippen LogP contribution in [0.2, 0.25) is 0 Å². The van der Waals surface area contributed by atoms with Gasteiger partial charge in [-0.05, 0) is 27.2 Å². The standard InChI is InChI=1S/C14H28N4O2/c1-6-8-11(20-7-2)13(17-15)14-12(19-5)9-16-18(14)10(3)4/h9-11,13,17H,6-8,15H2,1-5H3. The molecule has 0 radical (unpaired) electrons. The summed E-state index contributed by atoms with van der Waals surface area (Å²) in [5.74, 6) is 6.53. The molecule has 1 aromatic heterocycles. The SMILES string of the molecule is CCCC(OCC)C(NN)c1c(OC)cnn1C(C)C. The van der Waals surface area contributed by atoms with Crippen molar-refractivity contribution in [3.8, 4) is 5.75 Å². The number of nitrogens with one attached hydrogen (secondary N) is 1. The maximum absolute atomic E-state index is 5.85. The summed E-state index contributed by atoms with van der Waals surface area (Å²) in [4.78, 5) is 0. The second-order valence-electron chi connectivity index (χ2n) is 5.06. The van der Waals surface area contributed by atoms with Crippen molar-refractivity contribution in [2.24, 2.45) is 5.84 Å². The zero-order chi connectivity index (χ0) is 15.1. The fraction of sp³-hybridized carbons (Fsp3) is 0.786. The third kappa shape index (κ3) is 3.71. The lowest BCUT2D eigenvalue weighted by atomic mass is 10.0. The molecule has 0 fully saturated rings. The number of methoxy groups -OCH3 is 1. The monoisotopic (exact) mass is 284 g/mol. The minimum absolute atomic E-state index is 0.00176. The third-order valence-corrected chi connectivity index (χ3v) is 3.31. The summed E-state index contributed by atoms with van der Waals surface area (Å²) in [6.45, 7) is 8.95. The fourth-order valence-corrected chi connectivity index (χ4v) is 2.43. The molecule has 0 bridgehead atoms. The normalized spacial score (nSPS) is 14.6. The topological polar surface area (TPSA) is 74.3 Å². The Bertz CT molecular complexity index is 387. The number of hydrazine groups is 1. The summed E-state index contributed by atoms with van der Waals surface area (Å²) >= 11 is 0. The lowest BCUT2D eigenvalue weighted by Crippen LogP contribution is -2.39. The fourth-order valence-electron chi connectivity index (χ4n) is 2.43. The van der Waals surface area contributed by atoms with Crippen LogP contribution in [0.5, 0.6) is 5.75 Å². The van der Waals surface area contributed by atoms with Gasteiger partial charge in [-0.25, -0.2) is 5.43 Å². The Kier molecular flexibility index (Phi) is 6.98. The molecule has 0 aliphatic heterocycles. The Labute approximate surface area is 121 Å². The molecule has 0 aromatic carbocycles. The molecule has 0 saturated heterocycles. The zero-order valence-electron chi connectivity index (χ0n) is 13.2. The molecule has 2 unspecified atom stereocenters. The highest BCUT2D eigenvalue weighted by Gasteiger charge is 2.29. The van der Waals surface area contributed by atoms with E-state index in [-0.39, 0.29) is 18.2 Å². The molecule has 6 nitrogen and oxygen atoms in total. The molecular weight excluding hydrogens is 256 g/mol. The van der Waals surface area contributed by atoms with E-state index in [1.54, 1.807) is 13.3 Å². The summed E-state index contributed by atoms with van der Waals surface area (Å²) in [7, 11) is 1.65. The average Bonchev–Trinajstić information content (AvgIpc) is 2.84. The van der Waals surface area contributed by atoms with Crippen LogP contribution in [0.4, 0.5) is 0 Å². The Balaban J connectivity index is 3.17. The molecule has 0 aliphatic rings. The summed E-state index contributed by atoms with van der Waals surface area (Å²) in [5.41, 5.74) is 3.82. The first-order chi connectivity index (χ1) is 9.60. The van der Waals surface area contributed by atoms with Crippen LogP contribution in [0.3, 0.4) is 0 Å². The van der Waals surface area contributed by atoms with Gasteiger partial charge in [-0.1, -0.05) is 13.3 Å². The summed E-state index contributed by atoms with van der Waals surface area (Å²) in [6, 6.07) is 0.0865. The van der Waals surface area contributed by atoms with Crippen molar-refractivity contribution in [2.75, 3.05) is 13.7 Å². The molecule has 1 aromatic rings. The van der Waals surface area contributed by atoms with Gasteiger partial charge in [0.05, 0.1) is 25.5 Å². The quantitative estimate of drug-likeness (QED) is 0.537. The average molecular weight is 284 g/mol. The van der Waals surface area contributed by atoms with Crippen molar-refractivity contribution in [2.45, 2.75) is 58.7 Å². The maximum atomic E-state index is 5.85. The highest BCUT2D eigenvalue weighted by atomic mass is 16.5. The lowest BCUT2D eigenvalue weighted by Gasteiger charge is -2.28. The Morgan fingerprint density at radius 3 is 2.55 bits per heavy atom. The Morgan fingerprint density at radius 2 is 2.10 bits per heavy atom. The first-order valence-electron chi connectivity index (χ1n) is 7.29. The number of nitrogens with zero attached hydrogens (tertiary/aromatic N) is 2. The van der Waals surface area contributed by atoms with Gasteiger partial charge in [0.2, 0.25) is 0 Å². The minimum Gasteiger partial charge on any atom is -0.493 e. The predicted molar refractivity (Wildman–Crippen MR) is 79.6 cm³/mol. The van der Waals surface area contributed by atoms with Gasteiger partial charge in [0.1, 0.15) is 5.69 Å². The molecule has 0 amide bonds. The van der Waals surface area contributed by atoms with Crippen LogP contribution in [0, 0.1) is 0 Å². The van der Waals surface area contributed by atoms with Crippen LogP contribution in [-0.4, -0.2) is 29.6 Å².